The third-order valence-corrected chi connectivity index (χ3v) is 8.36. The van der Waals surface area contributed by atoms with Crippen LogP contribution in [-0.4, -0.2) is 84.9 Å². The number of aliphatic imine (C=N–C) groups is 1. The van der Waals surface area contributed by atoms with Crippen molar-refractivity contribution in [1.29, 1.82) is 0 Å². The van der Waals surface area contributed by atoms with Gasteiger partial charge in [0.2, 0.25) is 0 Å². The number of benzene rings is 2. The Balaban J connectivity index is 1.24. The summed E-state index contributed by atoms with van der Waals surface area (Å²) in [4.78, 5) is 29.3. The van der Waals surface area contributed by atoms with Crippen molar-refractivity contribution in [2.45, 2.75) is 6.92 Å². The van der Waals surface area contributed by atoms with E-state index in [1.54, 1.807) is 0 Å². The molecule has 0 bridgehead atoms. The first-order valence-electron chi connectivity index (χ1n) is 13.0. The number of ether oxygens (including phenoxy) is 1. The zero-order chi connectivity index (χ0) is 25.2. The van der Waals surface area contributed by atoms with Crippen molar-refractivity contribution in [3.8, 4) is 11.1 Å². The van der Waals surface area contributed by atoms with Gasteiger partial charge >= 0.3 is 0 Å². The van der Waals surface area contributed by atoms with Gasteiger partial charge < -0.3 is 19.4 Å². The van der Waals surface area contributed by atoms with E-state index in [0.717, 1.165) is 78.6 Å². The molecule has 0 aliphatic carbocycles. The van der Waals surface area contributed by atoms with Gasteiger partial charge in [0.1, 0.15) is 0 Å². The smallest absolute Gasteiger partial charge is 0.286 e. The molecule has 8 heteroatoms. The number of piperazine rings is 1. The van der Waals surface area contributed by atoms with Gasteiger partial charge in [-0.3, -0.25) is 9.78 Å². The summed E-state index contributed by atoms with van der Waals surface area (Å²) in [5.74, 6) is -0.173. The Bertz CT molecular complexity index is 1360. The largest absolute Gasteiger partial charge is 0.378 e. The molecule has 1 aromatic heterocycles. The average Bonchev–Trinajstić information content (AvgIpc) is 3.33. The molecule has 37 heavy (non-hydrogen) atoms. The molecule has 3 aliphatic rings. The Kier molecular flexibility index (Phi) is 6.95. The van der Waals surface area contributed by atoms with E-state index in [4.69, 9.17) is 4.74 Å². The van der Waals surface area contributed by atoms with Crippen molar-refractivity contribution in [2.75, 3.05) is 63.9 Å². The second-order valence-electron chi connectivity index (χ2n) is 9.51. The summed E-state index contributed by atoms with van der Waals surface area (Å²) in [7, 11) is 0. The lowest BCUT2D eigenvalue weighted by molar-refractivity contribution is -0.113. The van der Waals surface area contributed by atoms with Crippen LogP contribution < -0.4 is 4.90 Å². The third kappa shape index (κ3) is 5.14. The van der Waals surface area contributed by atoms with E-state index < -0.39 is 0 Å². The molecule has 0 spiro atoms. The maximum absolute atomic E-state index is 12.6. The van der Waals surface area contributed by atoms with Crippen molar-refractivity contribution in [3.05, 3.63) is 65.2 Å². The lowest BCUT2D eigenvalue weighted by Crippen LogP contribution is -2.46. The van der Waals surface area contributed by atoms with Crippen LogP contribution in [0.5, 0.6) is 0 Å². The van der Waals surface area contributed by atoms with Crippen molar-refractivity contribution in [1.82, 2.24) is 14.8 Å². The van der Waals surface area contributed by atoms with Crippen LogP contribution in [0.1, 0.15) is 12.5 Å². The molecule has 0 saturated carbocycles. The number of amidine groups is 1. The summed E-state index contributed by atoms with van der Waals surface area (Å²) >= 11 is 1.45. The highest BCUT2D eigenvalue weighted by molar-refractivity contribution is 8.18. The number of thioether (sulfide) groups is 1. The zero-order valence-corrected chi connectivity index (χ0v) is 21.9. The Hall–Kier alpha value is -3.20. The number of carbonyl (C=O) groups excluding carboxylic acids is 1. The zero-order valence-electron chi connectivity index (χ0n) is 21.1. The SMILES string of the molecule is CCN1CCN(c2ccc(-c3ccnc4ccc(C=C5SC(N6CCOCC6)=NC5=O)cc34)cc2)CC1. The summed E-state index contributed by atoms with van der Waals surface area (Å²) in [5.41, 5.74) is 5.49. The van der Waals surface area contributed by atoms with Crippen LogP contribution in [0.25, 0.3) is 28.1 Å². The van der Waals surface area contributed by atoms with E-state index in [1.807, 2.05) is 24.4 Å². The van der Waals surface area contributed by atoms with Gasteiger partial charge in [-0.1, -0.05) is 25.1 Å². The predicted molar refractivity (Wildman–Crippen MR) is 152 cm³/mol. The number of aromatic nitrogens is 1. The predicted octanol–water partition coefficient (Wildman–Crippen LogP) is 4.35. The minimum Gasteiger partial charge on any atom is -0.378 e. The average molecular weight is 514 g/mol. The van der Waals surface area contributed by atoms with Gasteiger partial charge in [-0.25, -0.2) is 0 Å². The number of amides is 1. The molecule has 2 fully saturated rings. The fourth-order valence-electron chi connectivity index (χ4n) is 5.12. The van der Waals surface area contributed by atoms with Crippen LogP contribution in [0.4, 0.5) is 5.69 Å². The van der Waals surface area contributed by atoms with Crippen LogP contribution in [0, 0.1) is 0 Å². The number of morpholine rings is 1. The molecule has 2 saturated heterocycles. The molecule has 3 aromatic rings. The van der Waals surface area contributed by atoms with Gasteiger partial charge in [-0.05, 0) is 71.4 Å². The minimum atomic E-state index is -0.173. The van der Waals surface area contributed by atoms with Crippen molar-refractivity contribution >= 4 is 45.5 Å². The minimum absolute atomic E-state index is 0.173. The number of rotatable bonds is 4. The maximum atomic E-state index is 12.6. The monoisotopic (exact) mass is 513 g/mol. The van der Waals surface area contributed by atoms with Crippen molar-refractivity contribution in [3.63, 3.8) is 0 Å². The molecule has 1 amide bonds. The maximum Gasteiger partial charge on any atom is 0.286 e. The molecule has 0 radical (unpaired) electrons. The van der Waals surface area contributed by atoms with E-state index in [9.17, 15) is 4.79 Å². The first kappa shape index (κ1) is 24.2. The molecular formula is C29H31N5O2S. The third-order valence-electron chi connectivity index (χ3n) is 7.32. The van der Waals surface area contributed by atoms with Crippen LogP contribution in [-0.2, 0) is 9.53 Å². The fourth-order valence-corrected chi connectivity index (χ4v) is 6.08. The first-order valence-corrected chi connectivity index (χ1v) is 13.8. The molecule has 6 rings (SSSR count). The quantitative estimate of drug-likeness (QED) is 0.481. The van der Waals surface area contributed by atoms with E-state index in [1.165, 1.54) is 17.4 Å². The van der Waals surface area contributed by atoms with E-state index in [2.05, 4.69) is 68.0 Å². The van der Waals surface area contributed by atoms with Gasteiger partial charge in [0.05, 0.1) is 23.6 Å². The standard InChI is InChI=1S/C29H31N5O2S/c1-2-32-11-13-33(14-12-32)23-6-4-22(5-7-23)24-9-10-30-26-8-3-21(19-25(24)26)20-27-28(35)31-29(37-27)34-15-17-36-18-16-34/h3-10,19-20H,2,11-18H2,1H3. The molecule has 190 valence electrons. The van der Waals surface area contributed by atoms with Gasteiger partial charge in [-0.15, -0.1) is 0 Å². The highest BCUT2D eigenvalue weighted by atomic mass is 32.2. The van der Waals surface area contributed by atoms with Crippen LogP contribution >= 0.6 is 11.8 Å². The summed E-state index contributed by atoms with van der Waals surface area (Å²) in [6.07, 6.45) is 3.81. The van der Waals surface area contributed by atoms with Gasteiger partial charge in [0.15, 0.2) is 5.17 Å². The molecule has 2 aromatic carbocycles. The molecular weight excluding hydrogens is 482 g/mol. The molecule has 0 N–H and O–H groups in total. The summed E-state index contributed by atoms with van der Waals surface area (Å²) in [6, 6.07) is 17.1. The lowest BCUT2D eigenvalue weighted by atomic mass is 9.99. The number of fused-ring (bicyclic) bond motifs is 1. The summed E-state index contributed by atoms with van der Waals surface area (Å²) in [6.45, 7) is 10.6. The van der Waals surface area contributed by atoms with Crippen LogP contribution in [0.15, 0.2) is 64.6 Å². The second kappa shape index (κ2) is 10.7. The molecule has 7 nitrogen and oxygen atoms in total. The number of hydrogen-bond donors (Lipinski definition) is 0. The molecule has 4 heterocycles. The highest BCUT2D eigenvalue weighted by Crippen LogP contribution is 2.33. The van der Waals surface area contributed by atoms with Crippen molar-refractivity contribution < 1.29 is 9.53 Å². The number of hydrogen-bond acceptors (Lipinski definition) is 7. The Labute approximate surface area is 221 Å². The van der Waals surface area contributed by atoms with Gasteiger partial charge in [-0.2, -0.15) is 4.99 Å². The fraction of sp³-hybridized carbons (Fsp3) is 0.345. The number of nitrogens with zero attached hydrogens (tertiary/aromatic N) is 5. The normalized spacial score (nSPS) is 20.2. The number of anilines is 1. The Morgan fingerprint density at radius 2 is 1.73 bits per heavy atom. The topological polar surface area (TPSA) is 61.3 Å². The Morgan fingerprint density at radius 1 is 0.946 bits per heavy atom. The van der Waals surface area contributed by atoms with E-state index in [-0.39, 0.29) is 5.91 Å². The number of pyridine rings is 1. The number of likely N-dealkylation sites (N-methyl/N-ethyl adjacent to an activating group) is 1. The first-order chi connectivity index (χ1) is 18.2. The molecule has 0 atom stereocenters. The summed E-state index contributed by atoms with van der Waals surface area (Å²) in [5, 5.41) is 1.85. The number of carbonyl (C=O) groups is 1. The van der Waals surface area contributed by atoms with Gasteiger partial charge in [0, 0.05) is 56.5 Å². The lowest BCUT2D eigenvalue weighted by Gasteiger charge is -2.35. The summed E-state index contributed by atoms with van der Waals surface area (Å²) < 4.78 is 5.43. The second-order valence-corrected chi connectivity index (χ2v) is 10.5. The van der Waals surface area contributed by atoms with E-state index >= 15 is 0 Å². The van der Waals surface area contributed by atoms with Crippen molar-refractivity contribution in [2.24, 2.45) is 4.99 Å². The Morgan fingerprint density at radius 3 is 2.49 bits per heavy atom. The highest BCUT2D eigenvalue weighted by Gasteiger charge is 2.27. The van der Waals surface area contributed by atoms with Crippen LogP contribution in [0.2, 0.25) is 0 Å². The van der Waals surface area contributed by atoms with Gasteiger partial charge in [0.25, 0.3) is 5.91 Å². The molecule has 0 unspecified atom stereocenters. The van der Waals surface area contributed by atoms with E-state index in [0.29, 0.717) is 18.1 Å². The molecule has 3 aliphatic heterocycles. The van der Waals surface area contributed by atoms with Crippen LogP contribution in [0.3, 0.4) is 0 Å².